The first-order valence-electron chi connectivity index (χ1n) is 35.0. The lowest BCUT2D eigenvalue weighted by Crippen LogP contribution is -2.30. The summed E-state index contributed by atoms with van der Waals surface area (Å²) < 4.78 is 68.1. The third kappa shape index (κ3) is 62.1. The third-order valence-corrected chi connectivity index (χ3v) is 17.1. The Labute approximate surface area is 529 Å². The molecule has 0 aromatic rings. The molecule has 5 atom stereocenters. The molecule has 0 aliphatic rings. The molecule has 0 aliphatic carbocycles. The van der Waals surface area contributed by atoms with Gasteiger partial charge in [-0.3, -0.25) is 37.3 Å². The quantitative estimate of drug-likeness (QED) is 0.0169. The van der Waals surface area contributed by atoms with Gasteiger partial charge >= 0.3 is 39.5 Å². The minimum absolute atomic E-state index is 0.0847. The summed E-state index contributed by atoms with van der Waals surface area (Å²) >= 11 is 0. The molecule has 0 rings (SSSR count). The first kappa shape index (κ1) is 84.5. The van der Waals surface area contributed by atoms with E-state index in [1.54, 1.807) is 0 Å². The number of carbonyl (C=O) groups excluding carboxylic acids is 4. The highest BCUT2D eigenvalue weighted by molar-refractivity contribution is 7.47. The van der Waals surface area contributed by atoms with Crippen LogP contribution in [0.3, 0.4) is 0 Å². The lowest BCUT2D eigenvalue weighted by atomic mass is 10.0. The van der Waals surface area contributed by atoms with Gasteiger partial charge in [-0.25, -0.2) is 9.13 Å². The molecule has 0 bridgehead atoms. The number of rotatable bonds is 66. The molecule has 0 saturated heterocycles. The standard InChI is InChI=1S/C68H128O17P2/c1-6-9-12-15-18-21-23-25-26-27-29-33-39-44-49-54-68(73)85-64(58-79-66(71)52-47-42-37-34-30-31-35-40-45-50-61(4)5)60-83-87(76,77)81-56-62(69)55-80-86(74,75)82-59-63(57-78-65(70)51-46-41-36-20-17-14-11-8-3)84-67(72)53-48-43-38-32-28-24-22-19-16-13-10-7-2/h21,23,25-26,61-64,69H,6-20,22,24,27-60H2,1-5H3,(H,74,75)(H,76,77)/b23-21-,26-25-/t62-,63+,64+/m0/s1. The Morgan fingerprint density at radius 1 is 0.356 bits per heavy atom. The summed E-state index contributed by atoms with van der Waals surface area (Å²) in [5, 5.41) is 10.6. The zero-order chi connectivity index (χ0) is 64.2. The number of phosphoric acid groups is 2. The van der Waals surface area contributed by atoms with E-state index >= 15 is 0 Å². The van der Waals surface area contributed by atoms with Crippen LogP contribution in [0.25, 0.3) is 0 Å². The molecule has 17 nitrogen and oxygen atoms in total. The fraction of sp³-hybridized carbons (Fsp3) is 0.882. The SMILES string of the molecule is CCCCCC/C=C\C=C/CCCCCCCC(=O)O[C@H](COC(=O)CCCCCCCCCCCC(C)C)COP(=O)(O)OC[C@@H](O)COP(=O)(O)OC[C@@H](COC(=O)CCCCCCCCCC)OC(=O)CCCCCCCCCCCCCC. The van der Waals surface area contributed by atoms with Gasteiger partial charge in [-0.1, -0.05) is 271 Å². The van der Waals surface area contributed by atoms with E-state index in [1.165, 1.54) is 128 Å². The summed E-state index contributed by atoms with van der Waals surface area (Å²) in [6.07, 6.45) is 49.4. The van der Waals surface area contributed by atoms with E-state index in [2.05, 4.69) is 58.9 Å². The highest BCUT2D eigenvalue weighted by Gasteiger charge is 2.30. The number of phosphoric ester groups is 2. The van der Waals surface area contributed by atoms with Gasteiger partial charge in [-0.2, -0.15) is 0 Å². The number of ether oxygens (including phenoxy) is 4. The average molecular weight is 1280 g/mol. The van der Waals surface area contributed by atoms with Crippen molar-refractivity contribution in [3.63, 3.8) is 0 Å². The maximum atomic E-state index is 13.0. The van der Waals surface area contributed by atoms with Crippen molar-refractivity contribution in [2.75, 3.05) is 39.6 Å². The third-order valence-electron chi connectivity index (χ3n) is 15.2. The van der Waals surface area contributed by atoms with Crippen molar-refractivity contribution in [3.8, 4) is 0 Å². The molecule has 512 valence electrons. The molecular weight excluding hydrogens is 1150 g/mol. The predicted octanol–water partition coefficient (Wildman–Crippen LogP) is 18.9. The molecule has 0 aromatic carbocycles. The molecule has 0 fully saturated rings. The van der Waals surface area contributed by atoms with E-state index in [4.69, 9.17) is 37.0 Å². The van der Waals surface area contributed by atoms with Crippen molar-refractivity contribution in [3.05, 3.63) is 24.3 Å². The van der Waals surface area contributed by atoms with Crippen molar-refractivity contribution in [2.45, 2.75) is 342 Å². The number of hydrogen-bond acceptors (Lipinski definition) is 15. The number of aliphatic hydroxyl groups is 1. The Morgan fingerprint density at radius 3 is 0.943 bits per heavy atom. The van der Waals surface area contributed by atoms with E-state index in [0.717, 1.165) is 115 Å². The van der Waals surface area contributed by atoms with Gasteiger partial charge in [0.2, 0.25) is 0 Å². The van der Waals surface area contributed by atoms with Crippen molar-refractivity contribution in [1.82, 2.24) is 0 Å². The number of unbranched alkanes of at least 4 members (excludes halogenated alkanes) is 35. The van der Waals surface area contributed by atoms with Gasteiger partial charge in [0.05, 0.1) is 26.4 Å². The average Bonchev–Trinajstić information content (AvgIpc) is 3.52. The molecule has 0 saturated carbocycles. The Balaban J connectivity index is 5.27. The van der Waals surface area contributed by atoms with Gasteiger partial charge in [0, 0.05) is 25.7 Å². The van der Waals surface area contributed by atoms with Crippen LogP contribution < -0.4 is 0 Å². The Hall–Kier alpha value is -2.46. The Morgan fingerprint density at radius 2 is 0.621 bits per heavy atom. The van der Waals surface area contributed by atoms with E-state index in [0.29, 0.717) is 25.7 Å². The lowest BCUT2D eigenvalue weighted by Gasteiger charge is -2.21. The van der Waals surface area contributed by atoms with Gasteiger partial charge < -0.3 is 33.8 Å². The summed E-state index contributed by atoms with van der Waals surface area (Å²) in [6, 6.07) is 0. The molecule has 3 N–H and O–H groups in total. The van der Waals surface area contributed by atoms with Gasteiger partial charge in [0.15, 0.2) is 12.2 Å². The smallest absolute Gasteiger partial charge is 0.462 e. The summed E-state index contributed by atoms with van der Waals surface area (Å²) in [4.78, 5) is 72.3. The lowest BCUT2D eigenvalue weighted by molar-refractivity contribution is -0.161. The fourth-order valence-electron chi connectivity index (χ4n) is 9.75. The van der Waals surface area contributed by atoms with Crippen molar-refractivity contribution in [2.24, 2.45) is 5.92 Å². The van der Waals surface area contributed by atoms with Crippen LogP contribution in [0, 0.1) is 5.92 Å². The number of allylic oxidation sites excluding steroid dienone is 4. The largest absolute Gasteiger partial charge is 0.472 e. The summed E-state index contributed by atoms with van der Waals surface area (Å²) in [6.45, 7) is 7.11. The zero-order valence-electron chi connectivity index (χ0n) is 55.6. The monoisotopic (exact) mass is 1280 g/mol. The molecule has 0 radical (unpaired) electrons. The first-order valence-corrected chi connectivity index (χ1v) is 37.9. The maximum Gasteiger partial charge on any atom is 0.472 e. The van der Waals surface area contributed by atoms with E-state index in [-0.39, 0.29) is 25.7 Å². The number of aliphatic hydroxyl groups excluding tert-OH is 1. The van der Waals surface area contributed by atoms with Crippen molar-refractivity contribution >= 4 is 39.5 Å². The normalized spacial score (nSPS) is 14.3. The minimum Gasteiger partial charge on any atom is -0.462 e. The number of hydrogen-bond donors (Lipinski definition) is 3. The second-order valence-electron chi connectivity index (χ2n) is 24.4. The van der Waals surface area contributed by atoms with Gasteiger partial charge in [0.25, 0.3) is 0 Å². The van der Waals surface area contributed by atoms with Crippen molar-refractivity contribution in [1.29, 1.82) is 0 Å². The fourth-order valence-corrected chi connectivity index (χ4v) is 11.3. The summed E-state index contributed by atoms with van der Waals surface area (Å²) in [7, 11) is -9.90. The minimum atomic E-state index is -4.96. The van der Waals surface area contributed by atoms with Crippen LogP contribution in [0.2, 0.25) is 0 Å². The molecule has 19 heteroatoms. The number of esters is 4. The van der Waals surface area contributed by atoms with Crippen LogP contribution in [-0.2, 0) is 65.4 Å². The summed E-state index contributed by atoms with van der Waals surface area (Å²) in [5.74, 6) is -1.42. The van der Waals surface area contributed by atoms with Crippen molar-refractivity contribution < 1.29 is 80.2 Å². The second-order valence-corrected chi connectivity index (χ2v) is 27.3. The highest BCUT2D eigenvalue weighted by Crippen LogP contribution is 2.45. The van der Waals surface area contributed by atoms with E-state index in [9.17, 15) is 43.2 Å². The zero-order valence-corrected chi connectivity index (χ0v) is 57.4. The molecular formula is C68H128O17P2. The molecule has 0 aromatic heterocycles. The molecule has 0 spiro atoms. The van der Waals surface area contributed by atoms with E-state index < -0.39 is 97.5 Å². The maximum absolute atomic E-state index is 13.0. The second kappa shape index (κ2) is 61.1. The first-order chi connectivity index (χ1) is 42.0. The van der Waals surface area contributed by atoms with Crippen LogP contribution >= 0.6 is 15.6 Å². The predicted molar refractivity (Wildman–Crippen MR) is 349 cm³/mol. The molecule has 2 unspecified atom stereocenters. The Bertz CT molecular complexity index is 1780. The highest BCUT2D eigenvalue weighted by atomic mass is 31.2. The summed E-state index contributed by atoms with van der Waals surface area (Å²) in [5.41, 5.74) is 0. The Kier molecular flexibility index (Phi) is 59.3. The van der Waals surface area contributed by atoms with E-state index in [1.807, 2.05) is 0 Å². The van der Waals surface area contributed by atoms with Crippen LogP contribution in [0.5, 0.6) is 0 Å². The van der Waals surface area contributed by atoms with Crippen LogP contribution in [-0.4, -0.2) is 96.7 Å². The van der Waals surface area contributed by atoms with Gasteiger partial charge in [0.1, 0.15) is 19.3 Å². The topological polar surface area (TPSA) is 237 Å². The van der Waals surface area contributed by atoms with Gasteiger partial charge in [-0.15, -0.1) is 0 Å². The van der Waals surface area contributed by atoms with Gasteiger partial charge in [-0.05, 0) is 57.3 Å². The van der Waals surface area contributed by atoms with Crippen LogP contribution in [0.4, 0.5) is 0 Å². The molecule has 0 heterocycles. The van der Waals surface area contributed by atoms with Crippen LogP contribution in [0.1, 0.15) is 324 Å². The molecule has 87 heavy (non-hydrogen) atoms. The van der Waals surface area contributed by atoms with Crippen LogP contribution in [0.15, 0.2) is 24.3 Å². The molecule has 0 amide bonds. The number of carbonyl (C=O) groups is 4. The molecule has 0 aliphatic heterocycles.